The second-order valence-corrected chi connectivity index (χ2v) is 8.53. The lowest BCUT2D eigenvalue weighted by Gasteiger charge is -2.38. The molecule has 0 bridgehead atoms. The zero-order valence-corrected chi connectivity index (χ0v) is 18.1. The summed E-state index contributed by atoms with van der Waals surface area (Å²) in [4.78, 5) is 16.9. The first kappa shape index (κ1) is 21.1. The molecule has 5 nitrogen and oxygen atoms in total. The van der Waals surface area contributed by atoms with Gasteiger partial charge in [-0.1, -0.05) is 44.9 Å². The summed E-state index contributed by atoms with van der Waals surface area (Å²) < 4.78 is 0. The smallest absolute Gasteiger partial charge is 0.238 e. The third kappa shape index (κ3) is 5.67. The van der Waals surface area contributed by atoms with Crippen molar-refractivity contribution in [3.63, 3.8) is 0 Å². The second kappa shape index (κ2) is 10.2. The molecular formula is C22H34N4OS. The second-order valence-electron chi connectivity index (χ2n) is 8.14. The molecule has 3 rings (SSSR count). The predicted octanol–water partition coefficient (Wildman–Crippen LogP) is 3.26. The van der Waals surface area contributed by atoms with Gasteiger partial charge in [0.25, 0.3) is 0 Å². The van der Waals surface area contributed by atoms with Crippen LogP contribution in [0.1, 0.15) is 45.1 Å². The largest absolute Gasteiger partial charge is 0.360 e. The van der Waals surface area contributed by atoms with Gasteiger partial charge in [-0.3, -0.25) is 9.69 Å². The fourth-order valence-electron chi connectivity index (χ4n) is 4.23. The Balaban J connectivity index is 1.42. The molecule has 1 amide bonds. The topological polar surface area (TPSA) is 47.6 Å². The molecule has 2 atom stereocenters. The van der Waals surface area contributed by atoms with Gasteiger partial charge < -0.3 is 15.5 Å². The molecule has 0 radical (unpaired) electrons. The summed E-state index contributed by atoms with van der Waals surface area (Å²) in [6, 6.07) is 8.54. The van der Waals surface area contributed by atoms with Gasteiger partial charge in [0.1, 0.15) is 0 Å². The Morgan fingerprint density at radius 2 is 1.86 bits per heavy atom. The van der Waals surface area contributed by atoms with Crippen LogP contribution in [0, 0.1) is 5.92 Å². The lowest BCUT2D eigenvalue weighted by Crippen LogP contribution is -2.55. The molecule has 6 heteroatoms. The molecule has 0 unspecified atom stereocenters. The van der Waals surface area contributed by atoms with E-state index in [4.69, 9.17) is 12.2 Å². The van der Waals surface area contributed by atoms with E-state index in [-0.39, 0.29) is 5.91 Å². The fraction of sp³-hybridized carbons (Fsp3) is 0.636. The molecule has 28 heavy (non-hydrogen) atoms. The van der Waals surface area contributed by atoms with Crippen LogP contribution in [0.3, 0.4) is 0 Å². The van der Waals surface area contributed by atoms with Crippen molar-refractivity contribution in [1.29, 1.82) is 0 Å². The SMILES string of the molecule is CCc1ccccc1NC(=O)CN1CCN(C(=S)N[C@H]2CCCC[C@H]2C)CC1. The van der Waals surface area contributed by atoms with Crippen LogP contribution in [0.5, 0.6) is 0 Å². The number of carbonyl (C=O) groups is 1. The number of hydrogen-bond acceptors (Lipinski definition) is 3. The number of benzene rings is 1. The minimum absolute atomic E-state index is 0.0612. The third-order valence-electron chi connectivity index (χ3n) is 6.12. The summed E-state index contributed by atoms with van der Waals surface area (Å²) in [5.41, 5.74) is 2.11. The summed E-state index contributed by atoms with van der Waals surface area (Å²) in [6.07, 6.45) is 6.08. The summed E-state index contributed by atoms with van der Waals surface area (Å²) in [5.74, 6) is 0.758. The van der Waals surface area contributed by atoms with E-state index in [1.807, 2.05) is 18.2 Å². The average Bonchev–Trinajstić information content (AvgIpc) is 2.70. The van der Waals surface area contributed by atoms with E-state index in [0.717, 1.165) is 43.4 Å². The third-order valence-corrected chi connectivity index (χ3v) is 6.50. The van der Waals surface area contributed by atoms with Gasteiger partial charge in [-0.25, -0.2) is 0 Å². The molecule has 1 aliphatic carbocycles. The van der Waals surface area contributed by atoms with E-state index in [1.54, 1.807) is 0 Å². The minimum atomic E-state index is 0.0612. The van der Waals surface area contributed by atoms with Gasteiger partial charge in [0.05, 0.1) is 6.54 Å². The molecule has 1 aromatic rings. The molecule has 1 heterocycles. The summed E-state index contributed by atoms with van der Waals surface area (Å²) in [5, 5.41) is 7.56. The van der Waals surface area contributed by atoms with Crippen LogP contribution in [0.4, 0.5) is 5.69 Å². The highest BCUT2D eigenvalue weighted by atomic mass is 32.1. The van der Waals surface area contributed by atoms with Gasteiger partial charge in [-0.05, 0) is 49.0 Å². The van der Waals surface area contributed by atoms with Gasteiger partial charge in [-0.2, -0.15) is 0 Å². The molecular weight excluding hydrogens is 368 g/mol. The maximum absolute atomic E-state index is 12.5. The van der Waals surface area contributed by atoms with Gasteiger partial charge in [-0.15, -0.1) is 0 Å². The number of hydrogen-bond donors (Lipinski definition) is 2. The van der Waals surface area contributed by atoms with Gasteiger partial charge in [0.15, 0.2) is 5.11 Å². The fourth-order valence-corrected chi connectivity index (χ4v) is 4.57. The number of piperazine rings is 1. The Kier molecular flexibility index (Phi) is 7.68. The van der Waals surface area contributed by atoms with E-state index in [1.165, 1.54) is 31.2 Å². The molecule has 2 aliphatic rings. The highest BCUT2D eigenvalue weighted by Crippen LogP contribution is 2.24. The number of aryl methyl sites for hydroxylation is 1. The van der Waals surface area contributed by atoms with Gasteiger partial charge in [0.2, 0.25) is 5.91 Å². The summed E-state index contributed by atoms with van der Waals surface area (Å²) in [6.45, 7) is 8.36. The molecule has 1 aromatic carbocycles. The molecule has 1 saturated carbocycles. The molecule has 1 aliphatic heterocycles. The Morgan fingerprint density at radius 3 is 2.57 bits per heavy atom. The first-order chi connectivity index (χ1) is 13.6. The van der Waals surface area contributed by atoms with E-state index < -0.39 is 0 Å². The molecule has 2 N–H and O–H groups in total. The van der Waals surface area contributed by atoms with Crippen LogP contribution < -0.4 is 10.6 Å². The van der Waals surface area contributed by atoms with Crippen LogP contribution >= 0.6 is 12.2 Å². The van der Waals surface area contributed by atoms with Crippen molar-refractivity contribution < 1.29 is 4.79 Å². The zero-order valence-electron chi connectivity index (χ0n) is 17.2. The standard InChI is InChI=1S/C22H34N4OS/c1-3-18-9-5-7-11-20(18)23-21(27)16-25-12-14-26(15-13-25)22(28)24-19-10-6-4-8-17(19)2/h5,7,9,11,17,19H,3-4,6,8,10,12-16H2,1-2H3,(H,23,27)(H,24,28)/t17-,19+/m1/s1. The highest BCUT2D eigenvalue weighted by molar-refractivity contribution is 7.80. The van der Waals surface area contributed by atoms with Crippen LogP contribution in [0.2, 0.25) is 0 Å². The monoisotopic (exact) mass is 402 g/mol. The van der Waals surface area contributed by atoms with Gasteiger partial charge >= 0.3 is 0 Å². The van der Waals surface area contributed by atoms with Crippen molar-refractivity contribution in [3.05, 3.63) is 29.8 Å². The van der Waals surface area contributed by atoms with Crippen molar-refractivity contribution in [2.45, 2.75) is 52.0 Å². The summed E-state index contributed by atoms with van der Waals surface area (Å²) in [7, 11) is 0. The number of nitrogens with zero attached hydrogens (tertiary/aromatic N) is 2. The van der Waals surface area contributed by atoms with Crippen molar-refractivity contribution in [3.8, 4) is 0 Å². The van der Waals surface area contributed by atoms with Crippen molar-refractivity contribution in [2.24, 2.45) is 5.92 Å². The van der Waals surface area contributed by atoms with Crippen molar-refractivity contribution in [1.82, 2.24) is 15.1 Å². The lowest BCUT2D eigenvalue weighted by atomic mass is 9.86. The van der Waals surface area contributed by atoms with E-state index in [0.29, 0.717) is 18.5 Å². The quantitative estimate of drug-likeness (QED) is 0.741. The number of carbonyl (C=O) groups excluding carboxylic acids is 1. The van der Waals surface area contributed by atoms with E-state index in [9.17, 15) is 4.79 Å². The first-order valence-electron chi connectivity index (χ1n) is 10.7. The van der Waals surface area contributed by atoms with Crippen LogP contribution in [0.15, 0.2) is 24.3 Å². The Bertz CT molecular complexity index is 672. The van der Waals surface area contributed by atoms with Crippen LogP contribution in [-0.2, 0) is 11.2 Å². The predicted molar refractivity (Wildman–Crippen MR) is 120 cm³/mol. The zero-order chi connectivity index (χ0) is 19.9. The van der Waals surface area contributed by atoms with E-state index >= 15 is 0 Å². The number of rotatable bonds is 5. The molecule has 154 valence electrons. The highest BCUT2D eigenvalue weighted by Gasteiger charge is 2.25. The summed E-state index contributed by atoms with van der Waals surface area (Å²) >= 11 is 5.67. The first-order valence-corrected chi connectivity index (χ1v) is 11.1. The van der Waals surface area contributed by atoms with Crippen molar-refractivity contribution >= 4 is 28.9 Å². The number of anilines is 1. The number of thiocarbonyl (C=S) groups is 1. The van der Waals surface area contributed by atoms with Crippen LogP contribution in [0.25, 0.3) is 0 Å². The normalized spacial score (nSPS) is 23.3. The Hall–Kier alpha value is -1.66. The van der Waals surface area contributed by atoms with E-state index in [2.05, 4.69) is 40.3 Å². The molecule has 0 aromatic heterocycles. The maximum Gasteiger partial charge on any atom is 0.238 e. The van der Waals surface area contributed by atoms with Crippen LogP contribution in [-0.4, -0.2) is 59.6 Å². The number of para-hydroxylation sites is 1. The molecule has 0 spiro atoms. The van der Waals surface area contributed by atoms with Gasteiger partial charge in [0, 0.05) is 37.9 Å². The molecule has 1 saturated heterocycles. The Labute approximate surface area is 174 Å². The maximum atomic E-state index is 12.5. The van der Waals surface area contributed by atoms with Crippen molar-refractivity contribution in [2.75, 3.05) is 38.0 Å². The number of amides is 1. The number of nitrogens with one attached hydrogen (secondary N) is 2. The molecule has 2 fully saturated rings. The average molecular weight is 403 g/mol. The lowest BCUT2D eigenvalue weighted by molar-refractivity contribution is -0.117. The minimum Gasteiger partial charge on any atom is -0.360 e. The Morgan fingerprint density at radius 1 is 1.14 bits per heavy atom.